The van der Waals surface area contributed by atoms with E-state index < -0.39 is 52.6 Å². The maximum atomic E-state index is 12.6. The van der Waals surface area contributed by atoms with Crippen LogP contribution in [-0.4, -0.2) is 44.7 Å². The molecule has 2 fully saturated rings. The highest BCUT2D eigenvalue weighted by atomic mass is 16.8. The van der Waals surface area contributed by atoms with Crippen LogP contribution in [0.5, 0.6) is 0 Å². The average Bonchev–Trinajstić information content (AvgIpc) is 2.83. The second-order valence-corrected chi connectivity index (χ2v) is 8.18. The molecule has 4 atom stereocenters. The Morgan fingerprint density at radius 1 is 1.27 bits per heavy atom. The number of ether oxygens (including phenoxy) is 4. The summed E-state index contributed by atoms with van der Waals surface area (Å²) < 4.78 is 24.4. The Labute approximate surface area is 150 Å². The van der Waals surface area contributed by atoms with E-state index in [2.05, 4.69) is 4.98 Å². The van der Waals surface area contributed by atoms with E-state index in [0.717, 1.165) is 0 Å². The predicted octanol–water partition coefficient (Wildman–Crippen LogP) is 0.686. The van der Waals surface area contributed by atoms with Crippen LogP contribution in [0.2, 0.25) is 0 Å². The molecule has 3 heterocycles. The third kappa shape index (κ3) is 3.22. The smallest absolute Gasteiger partial charge is 0.338 e. The van der Waals surface area contributed by atoms with E-state index in [9.17, 15) is 14.4 Å². The largest absolute Gasteiger partial charge is 0.458 e. The molecule has 0 spiro atoms. The number of nitrogens with one attached hydrogen (secondary N) is 1. The Kier molecular flexibility index (Phi) is 4.17. The lowest BCUT2D eigenvalue weighted by Crippen LogP contribution is -2.46. The first-order chi connectivity index (χ1) is 11.8. The van der Waals surface area contributed by atoms with E-state index >= 15 is 0 Å². The second kappa shape index (κ2) is 5.77. The summed E-state index contributed by atoms with van der Waals surface area (Å²) in [7, 11) is 0. The summed E-state index contributed by atoms with van der Waals surface area (Å²) in [6.45, 7) is 10.4. The number of aromatic nitrogens is 2. The molecule has 1 N–H and O–H groups in total. The molecule has 9 heteroatoms. The first-order valence-electron chi connectivity index (χ1n) is 8.40. The van der Waals surface area contributed by atoms with Gasteiger partial charge in [0.25, 0.3) is 5.56 Å². The number of fused-ring (bicyclic) bond motifs is 1. The van der Waals surface area contributed by atoms with Gasteiger partial charge in [-0.2, -0.15) is 0 Å². The highest BCUT2D eigenvalue weighted by molar-refractivity contribution is 5.76. The Balaban J connectivity index is 2.02. The van der Waals surface area contributed by atoms with Crippen LogP contribution in [0.1, 0.15) is 47.8 Å². The molecule has 1 aromatic heterocycles. The third-order valence-corrected chi connectivity index (χ3v) is 4.23. The van der Waals surface area contributed by atoms with Crippen LogP contribution >= 0.6 is 0 Å². The number of carbonyl (C=O) groups excluding carboxylic acids is 1. The standard InChI is InChI=1S/C17H24N2O7/c1-15(2,3)25-12(21)10-11-17(6,26-16(4,5)24-11)13(23-10)19-8-7-9(20)18-14(19)22/h7-8,10-11,13H,1-6H3,(H,18,20,22). The summed E-state index contributed by atoms with van der Waals surface area (Å²) >= 11 is 0. The van der Waals surface area contributed by atoms with Gasteiger partial charge in [-0.25, -0.2) is 9.59 Å². The molecule has 144 valence electrons. The lowest BCUT2D eigenvalue weighted by molar-refractivity contribution is -0.221. The minimum absolute atomic E-state index is 0.529. The summed E-state index contributed by atoms with van der Waals surface area (Å²) in [5.41, 5.74) is -3.04. The van der Waals surface area contributed by atoms with Crippen molar-refractivity contribution in [3.63, 3.8) is 0 Å². The van der Waals surface area contributed by atoms with Crippen molar-refractivity contribution in [2.24, 2.45) is 0 Å². The number of carbonyl (C=O) groups is 1. The highest BCUT2D eigenvalue weighted by Crippen LogP contribution is 2.50. The summed E-state index contributed by atoms with van der Waals surface area (Å²) in [4.78, 5) is 38.4. The van der Waals surface area contributed by atoms with Gasteiger partial charge in [-0.1, -0.05) is 0 Å². The molecule has 9 nitrogen and oxygen atoms in total. The molecule has 0 amide bonds. The quantitative estimate of drug-likeness (QED) is 0.765. The van der Waals surface area contributed by atoms with Crippen LogP contribution in [-0.2, 0) is 23.7 Å². The minimum Gasteiger partial charge on any atom is -0.458 e. The van der Waals surface area contributed by atoms with Crippen LogP contribution < -0.4 is 11.2 Å². The molecule has 2 aliphatic heterocycles. The van der Waals surface area contributed by atoms with Crippen molar-refractivity contribution in [1.82, 2.24) is 9.55 Å². The Morgan fingerprint density at radius 2 is 1.92 bits per heavy atom. The van der Waals surface area contributed by atoms with Crippen LogP contribution in [0.15, 0.2) is 21.9 Å². The highest BCUT2D eigenvalue weighted by Gasteiger charge is 2.66. The van der Waals surface area contributed by atoms with E-state index in [1.165, 1.54) is 16.8 Å². The lowest BCUT2D eigenvalue weighted by atomic mass is 9.96. The van der Waals surface area contributed by atoms with Crippen molar-refractivity contribution in [2.75, 3.05) is 0 Å². The summed E-state index contributed by atoms with van der Waals surface area (Å²) in [5, 5.41) is 0. The summed E-state index contributed by atoms with van der Waals surface area (Å²) in [6, 6.07) is 1.20. The molecule has 0 radical (unpaired) electrons. The second-order valence-electron chi connectivity index (χ2n) is 8.18. The van der Waals surface area contributed by atoms with E-state index in [4.69, 9.17) is 18.9 Å². The van der Waals surface area contributed by atoms with Crippen molar-refractivity contribution in [3.8, 4) is 0 Å². The van der Waals surface area contributed by atoms with Crippen molar-refractivity contribution in [2.45, 2.75) is 77.0 Å². The van der Waals surface area contributed by atoms with E-state index in [1.807, 2.05) is 0 Å². The number of hydrogen-bond donors (Lipinski definition) is 1. The number of aromatic amines is 1. The topological polar surface area (TPSA) is 109 Å². The number of hydrogen-bond acceptors (Lipinski definition) is 7. The lowest BCUT2D eigenvalue weighted by Gasteiger charge is -2.30. The van der Waals surface area contributed by atoms with E-state index in [-0.39, 0.29) is 0 Å². The molecule has 3 rings (SSSR count). The van der Waals surface area contributed by atoms with Gasteiger partial charge in [0.1, 0.15) is 17.3 Å². The zero-order valence-corrected chi connectivity index (χ0v) is 15.7. The maximum Gasteiger partial charge on any atom is 0.338 e. The first-order valence-corrected chi connectivity index (χ1v) is 8.40. The van der Waals surface area contributed by atoms with Gasteiger partial charge in [0, 0.05) is 12.3 Å². The van der Waals surface area contributed by atoms with Gasteiger partial charge in [0.05, 0.1) is 0 Å². The molecule has 1 aromatic rings. The zero-order chi connectivity index (χ0) is 19.5. The molecule has 0 bridgehead atoms. The molecule has 26 heavy (non-hydrogen) atoms. The van der Waals surface area contributed by atoms with Crippen molar-refractivity contribution in [3.05, 3.63) is 33.1 Å². The van der Waals surface area contributed by atoms with Gasteiger partial charge in [-0.15, -0.1) is 0 Å². The fraction of sp³-hybridized carbons (Fsp3) is 0.706. The van der Waals surface area contributed by atoms with Gasteiger partial charge in [0.2, 0.25) is 0 Å². The van der Waals surface area contributed by atoms with Gasteiger partial charge in [0.15, 0.2) is 18.1 Å². The monoisotopic (exact) mass is 368 g/mol. The number of rotatable bonds is 2. The predicted molar refractivity (Wildman–Crippen MR) is 89.5 cm³/mol. The average molecular weight is 368 g/mol. The van der Waals surface area contributed by atoms with Gasteiger partial charge >= 0.3 is 11.7 Å². The molecule has 4 unspecified atom stereocenters. The molecule has 2 aliphatic rings. The molecule has 2 saturated heterocycles. The van der Waals surface area contributed by atoms with Crippen LogP contribution in [0.25, 0.3) is 0 Å². The Morgan fingerprint density at radius 3 is 2.50 bits per heavy atom. The normalized spacial score (nSPS) is 33.1. The van der Waals surface area contributed by atoms with Crippen molar-refractivity contribution in [1.29, 1.82) is 0 Å². The SMILES string of the molecule is CC(C)(C)OC(=O)C1OC(n2ccc(=O)[nH]c2=O)C2(C)OC(C)(C)OC12. The minimum atomic E-state index is -1.13. The van der Waals surface area contributed by atoms with E-state index in [1.54, 1.807) is 41.5 Å². The van der Waals surface area contributed by atoms with Crippen LogP contribution in [0.3, 0.4) is 0 Å². The fourth-order valence-electron chi connectivity index (χ4n) is 3.43. The van der Waals surface area contributed by atoms with Crippen LogP contribution in [0.4, 0.5) is 0 Å². The van der Waals surface area contributed by atoms with Gasteiger partial charge in [-0.3, -0.25) is 14.3 Å². The fourth-order valence-corrected chi connectivity index (χ4v) is 3.43. The maximum absolute atomic E-state index is 12.6. The molecule has 0 saturated carbocycles. The molecule has 0 aromatic carbocycles. The number of esters is 1. The van der Waals surface area contributed by atoms with Crippen LogP contribution in [0, 0.1) is 0 Å². The molecular formula is C17H24N2O7. The molecule has 0 aliphatic carbocycles. The Hall–Kier alpha value is -1.97. The third-order valence-electron chi connectivity index (χ3n) is 4.23. The van der Waals surface area contributed by atoms with E-state index in [0.29, 0.717) is 0 Å². The summed E-state index contributed by atoms with van der Waals surface area (Å²) in [6.07, 6.45) is -1.53. The zero-order valence-electron chi connectivity index (χ0n) is 15.7. The van der Waals surface area contributed by atoms with Crippen molar-refractivity contribution >= 4 is 5.97 Å². The van der Waals surface area contributed by atoms with Gasteiger partial charge < -0.3 is 18.9 Å². The molecular weight excluding hydrogens is 344 g/mol. The summed E-state index contributed by atoms with van der Waals surface area (Å²) in [5.74, 6) is -1.58. The Bertz CT molecular complexity index is 834. The first kappa shape index (κ1) is 18.8. The van der Waals surface area contributed by atoms with Gasteiger partial charge in [-0.05, 0) is 41.5 Å². The van der Waals surface area contributed by atoms with Crippen molar-refractivity contribution < 1.29 is 23.7 Å². The number of nitrogens with zero attached hydrogens (tertiary/aromatic N) is 1. The number of H-pyrrole nitrogens is 1.